The third-order valence-corrected chi connectivity index (χ3v) is 4.29. The predicted molar refractivity (Wildman–Crippen MR) is 94.1 cm³/mol. The predicted octanol–water partition coefficient (Wildman–Crippen LogP) is 4.74. The third kappa shape index (κ3) is 2.37. The summed E-state index contributed by atoms with van der Waals surface area (Å²) in [5.41, 5.74) is 12.6. The van der Waals surface area contributed by atoms with Crippen molar-refractivity contribution in [3.63, 3.8) is 0 Å². The van der Waals surface area contributed by atoms with Crippen LogP contribution in [0.25, 0.3) is 22.4 Å². The van der Waals surface area contributed by atoms with Crippen LogP contribution in [-0.2, 0) is 6.54 Å². The van der Waals surface area contributed by atoms with E-state index in [0.717, 1.165) is 34.7 Å². The average Bonchev–Trinajstić information content (AvgIpc) is 2.87. The van der Waals surface area contributed by atoms with Crippen molar-refractivity contribution < 1.29 is 0 Å². The summed E-state index contributed by atoms with van der Waals surface area (Å²) in [7, 11) is 0. The lowest BCUT2D eigenvalue weighted by Crippen LogP contribution is -1.98. The van der Waals surface area contributed by atoms with Gasteiger partial charge in [-0.15, -0.1) is 0 Å². The zero-order chi connectivity index (χ0) is 15.9. The monoisotopic (exact) mass is 293 g/mol. The molecule has 0 aliphatic heterocycles. The normalized spacial score (nSPS) is 11.5. The first kappa shape index (κ1) is 14.6. The zero-order valence-electron chi connectivity index (χ0n) is 13.7. The molecule has 1 heterocycles. The van der Waals surface area contributed by atoms with Gasteiger partial charge in [-0.25, -0.2) is 4.98 Å². The second kappa shape index (κ2) is 5.48. The van der Waals surface area contributed by atoms with Gasteiger partial charge in [0.2, 0.25) is 0 Å². The molecular weight excluding hydrogens is 270 g/mol. The highest BCUT2D eigenvalue weighted by atomic mass is 15.1. The maximum Gasteiger partial charge on any atom is 0.141 e. The largest absolute Gasteiger partial charge is 0.398 e. The van der Waals surface area contributed by atoms with E-state index in [1.54, 1.807) is 0 Å². The van der Waals surface area contributed by atoms with Crippen LogP contribution in [-0.4, -0.2) is 9.55 Å². The molecule has 1 aromatic heterocycles. The van der Waals surface area contributed by atoms with Crippen molar-refractivity contribution in [2.45, 2.75) is 40.2 Å². The number of fused-ring (bicyclic) bond motifs is 1. The van der Waals surface area contributed by atoms with Gasteiger partial charge >= 0.3 is 0 Å². The van der Waals surface area contributed by atoms with E-state index < -0.39 is 0 Å². The van der Waals surface area contributed by atoms with Crippen LogP contribution >= 0.6 is 0 Å². The summed E-state index contributed by atoms with van der Waals surface area (Å²) in [6.07, 6.45) is 0. The number of benzene rings is 2. The molecule has 0 spiro atoms. The fourth-order valence-electron chi connectivity index (χ4n) is 2.83. The van der Waals surface area contributed by atoms with Crippen LogP contribution < -0.4 is 5.73 Å². The van der Waals surface area contributed by atoms with Gasteiger partial charge in [-0.2, -0.15) is 0 Å². The molecular formula is C19H23N3. The number of aryl methyl sites for hydroxylation is 2. The summed E-state index contributed by atoms with van der Waals surface area (Å²) >= 11 is 0. The fraction of sp³-hybridized carbons (Fsp3) is 0.316. The molecule has 0 saturated carbocycles. The number of nitrogen functional groups attached to an aromatic ring is 1. The summed E-state index contributed by atoms with van der Waals surface area (Å²) in [5.74, 6) is 1.50. The van der Waals surface area contributed by atoms with Crippen molar-refractivity contribution in [2.75, 3.05) is 5.73 Å². The molecule has 3 nitrogen and oxygen atoms in total. The van der Waals surface area contributed by atoms with Crippen molar-refractivity contribution in [1.82, 2.24) is 9.55 Å². The Balaban J connectivity index is 2.22. The van der Waals surface area contributed by atoms with Crippen LogP contribution in [0.4, 0.5) is 5.69 Å². The first-order valence-electron chi connectivity index (χ1n) is 7.88. The Morgan fingerprint density at radius 1 is 1.14 bits per heavy atom. The van der Waals surface area contributed by atoms with Crippen LogP contribution in [0.5, 0.6) is 0 Å². The molecule has 0 saturated heterocycles. The highest BCUT2D eigenvalue weighted by Gasteiger charge is 2.13. The summed E-state index contributed by atoms with van der Waals surface area (Å²) in [5, 5.41) is 0. The highest BCUT2D eigenvalue weighted by Crippen LogP contribution is 2.29. The van der Waals surface area contributed by atoms with Crippen LogP contribution in [0.3, 0.4) is 0 Å². The molecule has 3 heteroatoms. The van der Waals surface area contributed by atoms with Crippen molar-refractivity contribution >= 4 is 16.7 Å². The number of rotatable bonds is 3. The number of anilines is 1. The molecule has 2 aromatic carbocycles. The Labute approximate surface area is 131 Å². The quantitative estimate of drug-likeness (QED) is 0.709. The third-order valence-electron chi connectivity index (χ3n) is 4.29. The maximum atomic E-state index is 6.07. The van der Waals surface area contributed by atoms with E-state index in [2.05, 4.69) is 55.7 Å². The van der Waals surface area contributed by atoms with Gasteiger partial charge in [0.25, 0.3) is 0 Å². The standard InChI is InChI=1S/C19H23N3/c1-5-22-18-9-8-14(12(2)3)11-17(18)21-19(22)15-7-6-13(4)16(20)10-15/h6-12H,5,20H2,1-4H3. The van der Waals surface area contributed by atoms with Crippen molar-refractivity contribution in [3.05, 3.63) is 47.5 Å². The summed E-state index contributed by atoms with van der Waals surface area (Å²) in [4.78, 5) is 4.87. The van der Waals surface area contributed by atoms with Gasteiger partial charge in [0.05, 0.1) is 11.0 Å². The molecule has 3 rings (SSSR count). The first-order valence-corrected chi connectivity index (χ1v) is 7.88. The van der Waals surface area contributed by atoms with Gasteiger partial charge in [0.1, 0.15) is 5.82 Å². The molecule has 0 fully saturated rings. The minimum Gasteiger partial charge on any atom is -0.398 e. The lowest BCUT2D eigenvalue weighted by atomic mass is 10.0. The van der Waals surface area contributed by atoms with Crippen LogP contribution in [0.2, 0.25) is 0 Å². The molecule has 0 amide bonds. The Morgan fingerprint density at radius 3 is 2.55 bits per heavy atom. The first-order chi connectivity index (χ1) is 10.5. The van der Waals surface area contributed by atoms with Gasteiger partial charge in [-0.05, 0) is 49.1 Å². The number of imidazole rings is 1. The Morgan fingerprint density at radius 2 is 1.91 bits per heavy atom. The van der Waals surface area contributed by atoms with Crippen molar-refractivity contribution in [3.8, 4) is 11.4 Å². The molecule has 0 atom stereocenters. The minimum atomic E-state index is 0.509. The Bertz CT molecular complexity index is 828. The number of aromatic nitrogens is 2. The second-order valence-electron chi connectivity index (χ2n) is 6.15. The molecule has 0 aliphatic carbocycles. The van der Waals surface area contributed by atoms with Crippen LogP contribution in [0.1, 0.15) is 37.8 Å². The summed E-state index contributed by atoms with van der Waals surface area (Å²) in [6.45, 7) is 9.48. The molecule has 2 N–H and O–H groups in total. The Hall–Kier alpha value is -2.29. The Kier molecular flexibility index (Phi) is 3.65. The van der Waals surface area contributed by atoms with E-state index >= 15 is 0 Å². The van der Waals surface area contributed by atoms with E-state index in [4.69, 9.17) is 10.7 Å². The van der Waals surface area contributed by atoms with Gasteiger partial charge in [0.15, 0.2) is 0 Å². The molecule has 0 radical (unpaired) electrons. The number of hydrogen-bond acceptors (Lipinski definition) is 2. The molecule has 0 aliphatic rings. The van der Waals surface area contributed by atoms with Crippen LogP contribution in [0, 0.1) is 6.92 Å². The summed E-state index contributed by atoms with van der Waals surface area (Å²) in [6, 6.07) is 12.8. The zero-order valence-corrected chi connectivity index (χ0v) is 13.7. The topological polar surface area (TPSA) is 43.8 Å². The van der Waals surface area contributed by atoms with Gasteiger partial charge in [-0.3, -0.25) is 0 Å². The molecule has 3 aromatic rings. The highest BCUT2D eigenvalue weighted by molar-refractivity contribution is 5.82. The van der Waals surface area contributed by atoms with Gasteiger partial charge in [-0.1, -0.05) is 32.0 Å². The smallest absolute Gasteiger partial charge is 0.141 e. The van der Waals surface area contributed by atoms with E-state index in [-0.39, 0.29) is 0 Å². The van der Waals surface area contributed by atoms with E-state index in [1.165, 1.54) is 11.1 Å². The fourth-order valence-corrected chi connectivity index (χ4v) is 2.83. The van der Waals surface area contributed by atoms with E-state index in [1.807, 2.05) is 13.0 Å². The van der Waals surface area contributed by atoms with Gasteiger partial charge in [0, 0.05) is 17.8 Å². The second-order valence-corrected chi connectivity index (χ2v) is 6.15. The molecule has 22 heavy (non-hydrogen) atoms. The number of nitrogens with two attached hydrogens (primary N) is 1. The van der Waals surface area contributed by atoms with Gasteiger partial charge < -0.3 is 10.3 Å². The lowest BCUT2D eigenvalue weighted by Gasteiger charge is -2.08. The maximum absolute atomic E-state index is 6.07. The average molecular weight is 293 g/mol. The number of nitrogens with zero attached hydrogens (tertiary/aromatic N) is 2. The number of hydrogen-bond donors (Lipinski definition) is 1. The van der Waals surface area contributed by atoms with E-state index in [9.17, 15) is 0 Å². The molecule has 114 valence electrons. The minimum absolute atomic E-state index is 0.509. The van der Waals surface area contributed by atoms with E-state index in [0.29, 0.717) is 5.92 Å². The van der Waals surface area contributed by atoms with Crippen LogP contribution in [0.15, 0.2) is 36.4 Å². The summed E-state index contributed by atoms with van der Waals surface area (Å²) < 4.78 is 2.25. The SMILES string of the molecule is CCn1c(-c2ccc(C)c(N)c2)nc2cc(C(C)C)ccc21. The van der Waals surface area contributed by atoms with Crippen molar-refractivity contribution in [1.29, 1.82) is 0 Å². The lowest BCUT2D eigenvalue weighted by molar-refractivity contribution is 0.796. The van der Waals surface area contributed by atoms with Crippen molar-refractivity contribution in [2.24, 2.45) is 0 Å². The molecule has 0 unspecified atom stereocenters. The molecule has 0 bridgehead atoms.